The second-order valence-corrected chi connectivity index (χ2v) is 5.61. The van der Waals surface area contributed by atoms with Crippen molar-refractivity contribution in [3.05, 3.63) is 53.6 Å². The zero-order chi connectivity index (χ0) is 20.5. The van der Waals surface area contributed by atoms with Crippen LogP contribution in [-0.2, 0) is 25.5 Å². The van der Waals surface area contributed by atoms with Crippen molar-refractivity contribution in [1.29, 1.82) is 0 Å². The van der Waals surface area contributed by atoms with Gasteiger partial charge in [-0.05, 0) is 29.8 Å². The lowest BCUT2D eigenvalue weighted by atomic mass is 10.1. The first-order chi connectivity index (χ1) is 13.5. The van der Waals surface area contributed by atoms with Crippen LogP contribution in [0.4, 0.5) is 5.69 Å². The van der Waals surface area contributed by atoms with Crippen molar-refractivity contribution in [3.63, 3.8) is 0 Å². The van der Waals surface area contributed by atoms with E-state index < -0.39 is 24.5 Å². The molecule has 1 N–H and O–H groups in total. The number of benzene rings is 2. The van der Waals surface area contributed by atoms with Crippen LogP contribution in [0.15, 0.2) is 42.5 Å². The number of methoxy groups -OCH3 is 3. The number of nitrogens with one attached hydrogen (secondary N) is 1. The molecule has 0 fully saturated rings. The summed E-state index contributed by atoms with van der Waals surface area (Å²) >= 11 is 0. The largest absolute Gasteiger partial charge is 0.493 e. The Labute approximate surface area is 162 Å². The molecule has 0 bridgehead atoms. The van der Waals surface area contributed by atoms with Gasteiger partial charge in [0.05, 0.1) is 39.0 Å². The van der Waals surface area contributed by atoms with Gasteiger partial charge in [0.2, 0.25) is 0 Å². The smallest absolute Gasteiger partial charge is 0.339 e. The highest BCUT2D eigenvalue weighted by Gasteiger charge is 2.15. The Kier molecular flexibility index (Phi) is 7.38. The Morgan fingerprint density at radius 3 is 2.32 bits per heavy atom. The molecule has 0 aromatic heterocycles. The average molecular weight is 387 g/mol. The first-order valence-corrected chi connectivity index (χ1v) is 8.32. The zero-order valence-corrected chi connectivity index (χ0v) is 15.8. The maximum atomic E-state index is 12.0. The number of ether oxygens (including phenoxy) is 4. The molecule has 8 nitrogen and oxygen atoms in total. The molecule has 0 heterocycles. The monoisotopic (exact) mass is 387 g/mol. The minimum absolute atomic E-state index is 0.0353. The lowest BCUT2D eigenvalue weighted by Gasteiger charge is -2.11. The molecule has 0 saturated heterocycles. The van der Waals surface area contributed by atoms with E-state index in [4.69, 9.17) is 14.2 Å². The molecule has 2 rings (SSSR count). The normalized spacial score (nSPS) is 9.96. The van der Waals surface area contributed by atoms with E-state index in [0.717, 1.165) is 0 Å². The summed E-state index contributed by atoms with van der Waals surface area (Å²) < 4.78 is 20.0. The molecule has 2 aromatic carbocycles. The highest BCUT2D eigenvalue weighted by Crippen LogP contribution is 2.27. The Balaban J connectivity index is 1.91. The van der Waals surface area contributed by atoms with Crippen molar-refractivity contribution in [3.8, 4) is 11.5 Å². The van der Waals surface area contributed by atoms with Gasteiger partial charge in [-0.3, -0.25) is 9.59 Å². The van der Waals surface area contributed by atoms with Crippen LogP contribution in [-0.4, -0.2) is 45.8 Å². The number of rotatable bonds is 8. The van der Waals surface area contributed by atoms with Crippen molar-refractivity contribution in [2.75, 3.05) is 33.3 Å². The van der Waals surface area contributed by atoms with Crippen LogP contribution in [0.5, 0.6) is 11.5 Å². The molecule has 0 aliphatic rings. The summed E-state index contributed by atoms with van der Waals surface area (Å²) in [7, 11) is 4.26. The van der Waals surface area contributed by atoms with E-state index in [-0.39, 0.29) is 17.7 Å². The van der Waals surface area contributed by atoms with Crippen LogP contribution in [0.3, 0.4) is 0 Å². The van der Waals surface area contributed by atoms with E-state index in [1.807, 2.05) is 0 Å². The van der Waals surface area contributed by atoms with Gasteiger partial charge in [0.25, 0.3) is 5.91 Å². The predicted octanol–water partition coefficient (Wildman–Crippen LogP) is 2.21. The van der Waals surface area contributed by atoms with E-state index >= 15 is 0 Å². The molecule has 0 aliphatic heterocycles. The fourth-order valence-corrected chi connectivity index (χ4v) is 2.42. The van der Waals surface area contributed by atoms with Gasteiger partial charge in [0.1, 0.15) is 0 Å². The van der Waals surface area contributed by atoms with Gasteiger partial charge < -0.3 is 24.3 Å². The van der Waals surface area contributed by atoms with Crippen LogP contribution in [0.25, 0.3) is 0 Å². The molecular weight excluding hydrogens is 366 g/mol. The van der Waals surface area contributed by atoms with E-state index in [1.54, 1.807) is 36.4 Å². The van der Waals surface area contributed by atoms with Crippen LogP contribution in [0.2, 0.25) is 0 Å². The number of para-hydroxylation sites is 1. The molecule has 0 atom stereocenters. The lowest BCUT2D eigenvalue weighted by Crippen LogP contribution is -2.22. The molecule has 0 spiro atoms. The molecule has 28 heavy (non-hydrogen) atoms. The quantitative estimate of drug-likeness (QED) is 0.693. The number of esters is 2. The summed E-state index contributed by atoms with van der Waals surface area (Å²) in [6.45, 7) is -0.484. The summed E-state index contributed by atoms with van der Waals surface area (Å²) in [6.07, 6.45) is -0.0353. The molecule has 8 heteroatoms. The molecule has 0 radical (unpaired) electrons. The maximum absolute atomic E-state index is 12.0. The number of anilines is 1. The van der Waals surface area contributed by atoms with Crippen LogP contribution in [0, 0.1) is 0 Å². The molecule has 0 unspecified atom stereocenters. The van der Waals surface area contributed by atoms with Gasteiger partial charge in [0, 0.05) is 0 Å². The van der Waals surface area contributed by atoms with Gasteiger partial charge in [-0.15, -0.1) is 0 Å². The Bertz CT molecular complexity index is 863. The van der Waals surface area contributed by atoms with Crippen LogP contribution >= 0.6 is 0 Å². The topological polar surface area (TPSA) is 100 Å². The highest BCUT2D eigenvalue weighted by molar-refractivity contribution is 6.01. The Morgan fingerprint density at radius 2 is 1.64 bits per heavy atom. The van der Waals surface area contributed by atoms with Crippen molar-refractivity contribution < 1.29 is 33.3 Å². The summed E-state index contributed by atoms with van der Waals surface area (Å²) in [5.74, 6) is -0.699. The van der Waals surface area contributed by atoms with Crippen molar-refractivity contribution >= 4 is 23.5 Å². The number of carbonyl (C=O) groups excluding carboxylic acids is 3. The number of hydrogen-bond acceptors (Lipinski definition) is 7. The summed E-state index contributed by atoms with van der Waals surface area (Å²) in [4.78, 5) is 35.7. The van der Waals surface area contributed by atoms with Gasteiger partial charge >= 0.3 is 11.9 Å². The Morgan fingerprint density at radius 1 is 0.929 bits per heavy atom. The fourth-order valence-electron chi connectivity index (χ4n) is 2.42. The number of amides is 1. The number of carbonyl (C=O) groups is 3. The third kappa shape index (κ3) is 5.47. The molecule has 0 saturated carbocycles. The van der Waals surface area contributed by atoms with Gasteiger partial charge in [-0.2, -0.15) is 0 Å². The van der Waals surface area contributed by atoms with Crippen molar-refractivity contribution in [2.45, 2.75) is 6.42 Å². The first kappa shape index (κ1) is 20.8. The summed E-state index contributed by atoms with van der Waals surface area (Å²) in [5.41, 5.74) is 1.13. The second-order valence-electron chi connectivity index (χ2n) is 5.61. The first-order valence-electron chi connectivity index (χ1n) is 8.32. The Hall–Kier alpha value is -3.55. The molecule has 2 aromatic rings. The van der Waals surface area contributed by atoms with E-state index in [0.29, 0.717) is 17.1 Å². The minimum atomic E-state index is -0.582. The molecular formula is C20H21NO7. The van der Waals surface area contributed by atoms with Crippen LogP contribution < -0.4 is 14.8 Å². The molecule has 1 amide bonds. The fraction of sp³-hybridized carbons (Fsp3) is 0.250. The standard InChI is InChI=1S/C20H21NO7/c1-25-16-9-8-13(10-17(16)26-2)11-19(23)28-12-18(22)21-15-7-5-4-6-14(15)20(24)27-3/h4-10H,11-12H2,1-3H3,(H,21,22). The van der Waals surface area contributed by atoms with Crippen molar-refractivity contribution in [1.82, 2.24) is 0 Å². The van der Waals surface area contributed by atoms with Gasteiger partial charge in [-0.25, -0.2) is 4.79 Å². The van der Waals surface area contributed by atoms with Gasteiger partial charge in [0.15, 0.2) is 18.1 Å². The van der Waals surface area contributed by atoms with E-state index in [2.05, 4.69) is 10.1 Å². The van der Waals surface area contributed by atoms with Gasteiger partial charge in [-0.1, -0.05) is 18.2 Å². The van der Waals surface area contributed by atoms with E-state index in [9.17, 15) is 14.4 Å². The molecule has 0 aliphatic carbocycles. The maximum Gasteiger partial charge on any atom is 0.339 e. The highest BCUT2D eigenvalue weighted by atomic mass is 16.5. The predicted molar refractivity (Wildman–Crippen MR) is 101 cm³/mol. The third-order valence-electron chi connectivity index (χ3n) is 3.77. The van der Waals surface area contributed by atoms with Crippen molar-refractivity contribution in [2.24, 2.45) is 0 Å². The number of hydrogen-bond donors (Lipinski definition) is 1. The third-order valence-corrected chi connectivity index (χ3v) is 3.77. The summed E-state index contributed by atoms with van der Waals surface area (Å²) in [6, 6.07) is 11.4. The summed E-state index contributed by atoms with van der Waals surface area (Å²) in [5, 5.41) is 2.52. The second kappa shape index (κ2) is 9.96. The zero-order valence-electron chi connectivity index (χ0n) is 15.8. The van der Waals surface area contributed by atoms with E-state index in [1.165, 1.54) is 27.4 Å². The lowest BCUT2D eigenvalue weighted by molar-refractivity contribution is -0.146. The SMILES string of the molecule is COC(=O)c1ccccc1NC(=O)COC(=O)Cc1ccc(OC)c(OC)c1. The van der Waals surface area contributed by atoms with Crippen LogP contribution in [0.1, 0.15) is 15.9 Å². The minimum Gasteiger partial charge on any atom is -0.493 e. The molecule has 148 valence electrons. The average Bonchev–Trinajstić information content (AvgIpc) is 2.72.